The maximum Gasteiger partial charge on any atom is 0.253 e. The van der Waals surface area contributed by atoms with Crippen LogP contribution in [0.25, 0.3) is 0 Å². The molecule has 0 atom stereocenters. The molecule has 1 aromatic rings. The second-order valence-electron chi connectivity index (χ2n) is 4.91. The third-order valence-corrected chi connectivity index (χ3v) is 3.62. The van der Waals surface area contributed by atoms with Crippen LogP contribution in [-0.4, -0.2) is 35.6 Å². The predicted molar refractivity (Wildman–Crippen MR) is 86.1 cm³/mol. The van der Waals surface area contributed by atoms with Gasteiger partial charge in [-0.05, 0) is 62.7 Å². The standard InChI is InChI=1S/C15H21N3OS/c1-2-16-15(20)17-13-8-6-12(7-9-13)14(19)18-10-4-3-5-11-18/h6-9H,2-5,10-11H2,1H3,(H2,16,17,20). The zero-order valence-corrected chi connectivity index (χ0v) is 12.6. The lowest BCUT2D eigenvalue weighted by molar-refractivity contribution is 0.0724. The Morgan fingerprint density at radius 1 is 1.20 bits per heavy atom. The Labute approximate surface area is 125 Å². The molecule has 5 heteroatoms. The topological polar surface area (TPSA) is 44.4 Å². The third kappa shape index (κ3) is 3.93. The van der Waals surface area contributed by atoms with Gasteiger partial charge in [0.25, 0.3) is 5.91 Å². The van der Waals surface area contributed by atoms with Crippen LogP contribution in [0.5, 0.6) is 0 Å². The summed E-state index contributed by atoms with van der Waals surface area (Å²) in [6.45, 7) is 4.54. The molecule has 0 saturated carbocycles. The molecule has 0 aromatic heterocycles. The van der Waals surface area contributed by atoms with Crippen molar-refractivity contribution in [3.05, 3.63) is 29.8 Å². The van der Waals surface area contributed by atoms with Gasteiger partial charge >= 0.3 is 0 Å². The maximum absolute atomic E-state index is 12.3. The van der Waals surface area contributed by atoms with Crippen molar-refractivity contribution in [3.63, 3.8) is 0 Å². The second kappa shape index (κ2) is 7.24. The molecule has 108 valence electrons. The fourth-order valence-electron chi connectivity index (χ4n) is 2.31. The van der Waals surface area contributed by atoms with Crippen LogP contribution in [0.1, 0.15) is 36.5 Å². The van der Waals surface area contributed by atoms with Gasteiger partial charge in [0, 0.05) is 30.9 Å². The first-order valence-electron chi connectivity index (χ1n) is 7.15. The van der Waals surface area contributed by atoms with Crippen molar-refractivity contribution >= 4 is 28.9 Å². The van der Waals surface area contributed by atoms with E-state index in [1.165, 1.54) is 6.42 Å². The van der Waals surface area contributed by atoms with Crippen molar-refractivity contribution in [2.75, 3.05) is 25.0 Å². The summed E-state index contributed by atoms with van der Waals surface area (Å²) in [5, 5.41) is 6.71. The van der Waals surface area contributed by atoms with E-state index in [1.54, 1.807) is 0 Å². The van der Waals surface area contributed by atoms with Gasteiger partial charge in [-0.15, -0.1) is 0 Å². The number of likely N-dealkylation sites (tertiary alicyclic amines) is 1. The highest BCUT2D eigenvalue weighted by atomic mass is 32.1. The van der Waals surface area contributed by atoms with Gasteiger partial charge in [-0.25, -0.2) is 0 Å². The van der Waals surface area contributed by atoms with Gasteiger partial charge in [-0.2, -0.15) is 0 Å². The molecule has 4 nitrogen and oxygen atoms in total. The summed E-state index contributed by atoms with van der Waals surface area (Å²) in [7, 11) is 0. The van der Waals surface area contributed by atoms with Crippen LogP contribution < -0.4 is 10.6 Å². The highest BCUT2D eigenvalue weighted by molar-refractivity contribution is 7.80. The Bertz CT molecular complexity index is 467. The molecule has 0 aliphatic carbocycles. The minimum atomic E-state index is 0.130. The molecule has 1 aromatic carbocycles. The molecule has 0 unspecified atom stereocenters. The Kier molecular flexibility index (Phi) is 5.35. The summed E-state index contributed by atoms with van der Waals surface area (Å²) in [5.41, 5.74) is 1.64. The van der Waals surface area contributed by atoms with Crippen LogP contribution in [0, 0.1) is 0 Å². The van der Waals surface area contributed by atoms with Crippen LogP contribution in [0.15, 0.2) is 24.3 Å². The van der Waals surface area contributed by atoms with Gasteiger partial charge < -0.3 is 15.5 Å². The van der Waals surface area contributed by atoms with E-state index < -0.39 is 0 Å². The van der Waals surface area contributed by atoms with Gasteiger partial charge in [-0.1, -0.05) is 0 Å². The van der Waals surface area contributed by atoms with Crippen molar-refractivity contribution in [2.24, 2.45) is 0 Å². The van der Waals surface area contributed by atoms with Crippen LogP contribution in [0.4, 0.5) is 5.69 Å². The number of rotatable bonds is 3. The number of benzene rings is 1. The van der Waals surface area contributed by atoms with Crippen LogP contribution in [-0.2, 0) is 0 Å². The first kappa shape index (κ1) is 14.8. The molecule has 0 bridgehead atoms. The lowest BCUT2D eigenvalue weighted by Crippen LogP contribution is -2.35. The molecular formula is C15H21N3OS. The fourth-order valence-corrected chi connectivity index (χ4v) is 2.57. The van der Waals surface area contributed by atoms with E-state index in [2.05, 4.69) is 10.6 Å². The third-order valence-electron chi connectivity index (χ3n) is 3.37. The zero-order valence-electron chi connectivity index (χ0n) is 11.8. The molecule has 1 aliphatic rings. The Hall–Kier alpha value is -1.62. The molecule has 1 aliphatic heterocycles. The minimum absolute atomic E-state index is 0.130. The number of piperidine rings is 1. The first-order valence-corrected chi connectivity index (χ1v) is 7.55. The van der Waals surface area contributed by atoms with Crippen molar-refractivity contribution in [3.8, 4) is 0 Å². The van der Waals surface area contributed by atoms with Crippen molar-refractivity contribution in [2.45, 2.75) is 26.2 Å². The summed E-state index contributed by atoms with van der Waals surface area (Å²) < 4.78 is 0. The summed E-state index contributed by atoms with van der Waals surface area (Å²) >= 11 is 5.12. The van der Waals surface area contributed by atoms with Gasteiger partial charge in [0.1, 0.15) is 0 Å². The zero-order chi connectivity index (χ0) is 14.4. The smallest absolute Gasteiger partial charge is 0.253 e. The van der Waals surface area contributed by atoms with Crippen molar-refractivity contribution in [1.82, 2.24) is 10.2 Å². The highest BCUT2D eigenvalue weighted by Crippen LogP contribution is 2.15. The normalized spacial score (nSPS) is 14.8. The molecular weight excluding hydrogens is 270 g/mol. The second-order valence-corrected chi connectivity index (χ2v) is 5.32. The van der Waals surface area contributed by atoms with E-state index >= 15 is 0 Å². The average Bonchev–Trinajstić information content (AvgIpc) is 2.48. The largest absolute Gasteiger partial charge is 0.363 e. The molecule has 0 radical (unpaired) electrons. The minimum Gasteiger partial charge on any atom is -0.363 e. The SMILES string of the molecule is CCNC(=S)Nc1ccc(C(=O)N2CCCCC2)cc1. The lowest BCUT2D eigenvalue weighted by atomic mass is 10.1. The molecule has 2 N–H and O–H groups in total. The quantitative estimate of drug-likeness (QED) is 0.840. The molecule has 20 heavy (non-hydrogen) atoms. The summed E-state index contributed by atoms with van der Waals surface area (Å²) in [6, 6.07) is 7.49. The van der Waals surface area contributed by atoms with Crippen molar-refractivity contribution < 1.29 is 4.79 Å². The van der Waals surface area contributed by atoms with Crippen LogP contribution >= 0.6 is 12.2 Å². The number of nitrogens with zero attached hydrogens (tertiary/aromatic N) is 1. The highest BCUT2D eigenvalue weighted by Gasteiger charge is 2.17. The number of thiocarbonyl (C=S) groups is 1. The van der Waals surface area contributed by atoms with Crippen LogP contribution in [0.3, 0.4) is 0 Å². The summed E-state index contributed by atoms with van der Waals surface area (Å²) in [5.74, 6) is 0.130. The number of carbonyl (C=O) groups is 1. The van der Waals surface area contributed by atoms with Crippen LogP contribution in [0.2, 0.25) is 0 Å². The molecule has 1 heterocycles. The number of hydrogen-bond donors (Lipinski definition) is 2. The Morgan fingerprint density at radius 2 is 1.85 bits per heavy atom. The lowest BCUT2D eigenvalue weighted by Gasteiger charge is -2.26. The van der Waals surface area contributed by atoms with E-state index in [9.17, 15) is 4.79 Å². The van der Waals surface area contributed by atoms with Crippen molar-refractivity contribution in [1.29, 1.82) is 0 Å². The number of nitrogens with one attached hydrogen (secondary N) is 2. The fraction of sp³-hybridized carbons (Fsp3) is 0.467. The summed E-state index contributed by atoms with van der Waals surface area (Å²) in [4.78, 5) is 14.2. The molecule has 2 rings (SSSR count). The predicted octanol–water partition coefficient (Wildman–Crippen LogP) is 2.62. The van der Waals surface area contributed by atoms with E-state index in [4.69, 9.17) is 12.2 Å². The maximum atomic E-state index is 12.3. The summed E-state index contributed by atoms with van der Waals surface area (Å²) in [6.07, 6.45) is 3.46. The number of anilines is 1. The molecule has 0 spiro atoms. The van der Waals surface area contributed by atoms with E-state index in [-0.39, 0.29) is 5.91 Å². The van der Waals surface area contributed by atoms with E-state index in [0.29, 0.717) is 5.11 Å². The Balaban J connectivity index is 1.96. The number of amides is 1. The molecule has 1 fully saturated rings. The first-order chi connectivity index (χ1) is 9.70. The average molecular weight is 291 g/mol. The monoisotopic (exact) mass is 291 g/mol. The van der Waals surface area contributed by atoms with Gasteiger partial charge in [0.05, 0.1) is 0 Å². The van der Waals surface area contributed by atoms with Gasteiger partial charge in [0.15, 0.2) is 5.11 Å². The molecule has 1 amide bonds. The van der Waals surface area contributed by atoms with Gasteiger partial charge in [-0.3, -0.25) is 4.79 Å². The van der Waals surface area contributed by atoms with E-state index in [0.717, 1.165) is 43.7 Å². The number of carbonyl (C=O) groups excluding carboxylic acids is 1. The number of hydrogen-bond acceptors (Lipinski definition) is 2. The van der Waals surface area contributed by atoms with Gasteiger partial charge in [0.2, 0.25) is 0 Å². The molecule has 1 saturated heterocycles. The Morgan fingerprint density at radius 3 is 2.45 bits per heavy atom. The van der Waals surface area contributed by atoms with E-state index in [1.807, 2.05) is 36.1 Å².